The number of carbonyl (C=O) groups is 4. The van der Waals surface area contributed by atoms with Crippen molar-refractivity contribution in [3.63, 3.8) is 0 Å². The molecule has 0 aliphatic rings. The van der Waals surface area contributed by atoms with Crippen LogP contribution in [0, 0.1) is 5.92 Å². The average molecular weight is 454 g/mol. The molecule has 12 nitrogen and oxygen atoms in total. The minimum Gasteiger partial charge on any atom is -0.480 e. The van der Waals surface area contributed by atoms with Crippen LogP contribution in [0.25, 0.3) is 0 Å². The van der Waals surface area contributed by atoms with Gasteiger partial charge in [0.1, 0.15) is 12.1 Å². The summed E-state index contributed by atoms with van der Waals surface area (Å²) in [7, 11) is 0. The van der Waals surface area contributed by atoms with Crippen LogP contribution in [0.2, 0.25) is 0 Å². The topological polar surface area (TPSA) is 205 Å². The molecule has 0 saturated carbocycles. The van der Waals surface area contributed by atoms with E-state index in [-0.39, 0.29) is 12.3 Å². The second-order valence-electron chi connectivity index (χ2n) is 8.04. The first-order chi connectivity index (χ1) is 15.1. The van der Waals surface area contributed by atoms with Crippen molar-refractivity contribution in [3.05, 3.63) is 18.2 Å². The van der Waals surface area contributed by atoms with Crippen molar-refractivity contribution >= 4 is 23.7 Å². The molecule has 3 atom stereocenters. The highest BCUT2D eigenvalue weighted by molar-refractivity contribution is 5.92. The van der Waals surface area contributed by atoms with Gasteiger partial charge in [-0.25, -0.2) is 9.78 Å². The molecule has 0 aliphatic heterocycles. The lowest BCUT2D eigenvalue weighted by molar-refractivity contribution is -0.141. The number of imidazole rings is 1. The van der Waals surface area contributed by atoms with E-state index in [4.69, 9.17) is 11.5 Å². The summed E-state index contributed by atoms with van der Waals surface area (Å²) in [6.45, 7) is 3.87. The van der Waals surface area contributed by atoms with Crippen LogP contribution in [0.5, 0.6) is 0 Å². The molecule has 1 rings (SSSR count). The Balaban J connectivity index is 2.60. The van der Waals surface area contributed by atoms with Gasteiger partial charge in [-0.3, -0.25) is 14.4 Å². The Labute approximate surface area is 187 Å². The van der Waals surface area contributed by atoms with Crippen molar-refractivity contribution < 1.29 is 24.3 Å². The lowest BCUT2D eigenvalue weighted by Gasteiger charge is -2.22. The maximum atomic E-state index is 12.6. The Morgan fingerprint density at radius 3 is 2.41 bits per heavy atom. The molecular formula is C20H35N7O5. The van der Waals surface area contributed by atoms with Crippen LogP contribution < -0.4 is 27.4 Å². The third kappa shape index (κ3) is 10.4. The summed E-state index contributed by atoms with van der Waals surface area (Å²) in [5, 5.41) is 16.8. The van der Waals surface area contributed by atoms with Gasteiger partial charge in [0, 0.05) is 18.3 Å². The van der Waals surface area contributed by atoms with Crippen LogP contribution in [0.1, 0.15) is 45.2 Å². The summed E-state index contributed by atoms with van der Waals surface area (Å²) in [6, 6.07) is -2.81. The van der Waals surface area contributed by atoms with E-state index in [9.17, 15) is 24.3 Å². The van der Waals surface area contributed by atoms with E-state index in [0.717, 1.165) is 6.42 Å². The lowest BCUT2D eigenvalue weighted by Crippen LogP contribution is -2.54. The average Bonchev–Trinajstić information content (AvgIpc) is 3.23. The zero-order valence-corrected chi connectivity index (χ0v) is 18.6. The SMILES string of the molecule is CC(C)CC(NC(=O)C(N)CCCCN)C(=O)NCC(=O)NC(Cc1cnc[nH]1)C(=O)O. The number of carboxylic acids is 1. The number of amides is 3. The molecule has 1 heterocycles. The maximum Gasteiger partial charge on any atom is 0.326 e. The molecule has 1 aromatic heterocycles. The van der Waals surface area contributed by atoms with E-state index in [1.54, 1.807) is 0 Å². The van der Waals surface area contributed by atoms with E-state index in [2.05, 4.69) is 25.9 Å². The summed E-state index contributed by atoms with van der Waals surface area (Å²) in [5.41, 5.74) is 11.9. The summed E-state index contributed by atoms with van der Waals surface area (Å²) < 4.78 is 0. The molecule has 3 unspecified atom stereocenters. The molecule has 12 heteroatoms. The fourth-order valence-corrected chi connectivity index (χ4v) is 2.97. The van der Waals surface area contributed by atoms with Crippen LogP contribution in [-0.2, 0) is 25.6 Å². The number of carbonyl (C=O) groups excluding carboxylic acids is 3. The minimum absolute atomic E-state index is 0.0170. The molecule has 1 aromatic rings. The minimum atomic E-state index is -1.21. The normalized spacial score (nSPS) is 13.8. The molecule has 0 saturated heterocycles. The van der Waals surface area contributed by atoms with Crippen molar-refractivity contribution in [2.45, 2.75) is 64.1 Å². The zero-order valence-electron chi connectivity index (χ0n) is 18.6. The Morgan fingerprint density at radius 2 is 1.84 bits per heavy atom. The second kappa shape index (κ2) is 14.1. The highest BCUT2D eigenvalue weighted by Gasteiger charge is 2.26. The fraction of sp³-hybridized carbons (Fsp3) is 0.650. The molecule has 9 N–H and O–H groups in total. The number of aromatic amines is 1. The van der Waals surface area contributed by atoms with Crippen molar-refractivity contribution in [1.29, 1.82) is 0 Å². The van der Waals surface area contributed by atoms with E-state index in [1.165, 1.54) is 12.5 Å². The number of rotatable bonds is 15. The van der Waals surface area contributed by atoms with Crippen molar-refractivity contribution in [1.82, 2.24) is 25.9 Å². The predicted octanol–water partition coefficient (Wildman–Crippen LogP) is -1.37. The Bertz CT molecular complexity index is 739. The van der Waals surface area contributed by atoms with E-state index < -0.39 is 48.4 Å². The van der Waals surface area contributed by atoms with Gasteiger partial charge >= 0.3 is 5.97 Å². The van der Waals surface area contributed by atoms with Gasteiger partial charge in [0.25, 0.3) is 0 Å². The Morgan fingerprint density at radius 1 is 1.12 bits per heavy atom. The van der Waals surface area contributed by atoms with Gasteiger partial charge in [-0.15, -0.1) is 0 Å². The number of nitrogens with zero attached hydrogens (tertiary/aromatic N) is 1. The molecule has 3 amide bonds. The molecular weight excluding hydrogens is 418 g/mol. The first-order valence-electron chi connectivity index (χ1n) is 10.7. The number of hydrogen-bond donors (Lipinski definition) is 7. The van der Waals surface area contributed by atoms with Gasteiger partial charge in [0.05, 0.1) is 18.9 Å². The zero-order chi connectivity index (χ0) is 24.1. The number of carboxylic acid groups (broad SMARTS) is 1. The molecule has 180 valence electrons. The Kier molecular flexibility index (Phi) is 12.0. The second-order valence-corrected chi connectivity index (χ2v) is 8.04. The largest absolute Gasteiger partial charge is 0.480 e. The number of nitrogens with two attached hydrogens (primary N) is 2. The van der Waals surface area contributed by atoms with Gasteiger partial charge in [0.15, 0.2) is 0 Å². The fourth-order valence-electron chi connectivity index (χ4n) is 2.97. The van der Waals surface area contributed by atoms with Crippen molar-refractivity contribution in [3.8, 4) is 0 Å². The number of hydrogen-bond acceptors (Lipinski definition) is 7. The molecule has 0 spiro atoms. The summed E-state index contributed by atoms with van der Waals surface area (Å²) in [6.07, 6.45) is 5.15. The maximum absolute atomic E-state index is 12.6. The molecule has 32 heavy (non-hydrogen) atoms. The van der Waals surface area contributed by atoms with Gasteiger partial charge in [-0.2, -0.15) is 0 Å². The molecule has 0 bridgehead atoms. The molecule has 0 fully saturated rings. The summed E-state index contributed by atoms with van der Waals surface area (Å²) in [5.74, 6) is -2.78. The van der Waals surface area contributed by atoms with E-state index in [1.807, 2.05) is 13.8 Å². The van der Waals surface area contributed by atoms with Crippen molar-refractivity contribution in [2.75, 3.05) is 13.1 Å². The monoisotopic (exact) mass is 453 g/mol. The lowest BCUT2D eigenvalue weighted by atomic mass is 10.0. The number of aromatic nitrogens is 2. The van der Waals surface area contributed by atoms with Crippen molar-refractivity contribution in [2.24, 2.45) is 17.4 Å². The van der Waals surface area contributed by atoms with Crippen LogP contribution in [0.3, 0.4) is 0 Å². The van der Waals surface area contributed by atoms with Crippen LogP contribution in [0.4, 0.5) is 0 Å². The van der Waals surface area contributed by atoms with Gasteiger partial charge in [-0.1, -0.05) is 20.3 Å². The first-order valence-corrected chi connectivity index (χ1v) is 10.7. The van der Waals surface area contributed by atoms with Gasteiger partial charge < -0.3 is 37.5 Å². The quantitative estimate of drug-likeness (QED) is 0.157. The highest BCUT2D eigenvalue weighted by Crippen LogP contribution is 2.06. The number of nitrogens with one attached hydrogen (secondary N) is 4. The number of unbranched alkanes of at least 4 members (excludes halogenated alkanes) is 1. The van der Waals surface area contributed by atoms with E-state index in [0.29, 0.717) is 31.5 Å². The predicted molar refractivity (Wildman–Crippen MR) is 117 cm³/mol. The smallest absolute Gasteiger partial charge is 0.326 e. The van der Waals surface area contributed by atoms with Crippen LogP contribution >= 0.6 is 0 Å². The number of H-pyrrole nitrogens is 1. The van der Waals surface area contributed by atoms with E-state index >= 15 is 0 Å². The first kappa shape index (κ1) is 27.0. The Hall–Kier alpha value is -2.99. The van der Waals surface area contributed by atoms with Crippen LogP contribution in [-0.4, -0.2) is 70.0 Å². The third-order valence-corrected chi connectivity index (χ3v) is 4.68. The third-order valence-electron chi connectivity index (χ3n) is 4.68. The molecule has 0 radical (unpaired) electrons. The van der Waals surface area contributed by atoms with Gasteiger partial charge in [-0.05, 0) is 31.7 Å². The molecule has 0 aromatic carbocycles. The molecule has 0 aliphatic carbocycles. The van der Waals surface area contributed by atoms with Gasteiger partial charge in [0.2, 0.25) is 17.7 Å². The standard InChI is InChI=1S/C20H35N7O5/c1-12(2)7-15(27-18(29)14(22)5-3-4-6-21)19(30)24-10-17(28)26-16(20(31)32)8-13-9-23-11-25-13/h9,11-12,14-16H,3-8,10,21-22H2,1-2H3,(H,23,25)(H,24,30)(H,26,28)(H,27,29)(H,31,32). The summed E-state index contributed by atoms with van der Waals surface area (Å²) in [4.78, 5) is 55.1. The summed E-state index contributed by atoms with van der Waals surface area (Å²) >= 11 is 0. The highest BCUT2D eigenvalue weighted by atomic mass is 16.4. The van der Waals surface area contributed by atoms with Crippen LogP contribution in [0.15, 0.2) is 12.5 Å². The number of aliphatic carboxylic acids is 1.